The minimum atomic E-state index is -0.115. The van der Waals surface area contributed by atoms with E-state index in [2.05, 4.69) is 20.5 Å². The van der Waals surface area contributed by atoms with E-state index < -0.39 is 0 Å². The fraction of sp³-hybridized carbons (Fsp3) is 0.294. The maximum Gasteiger partial charge on any atom is 0.317 e. The number of nitrogens with zero attached hydrogens (tertiary/aromatic N) is 6. The van der Waals surface area contributed by atoms with E-state index >= 15 is 0 Å². The van der Waals surface area contributed by atoms with Crippen LogP contribution in [-0.4, -0.2) is 42.5 Å². The zero-order valence-corrected chi connectivity index (χ0v) is 14.3. The molecule has 0 saturated heterocycles. The first kappa shape index (κ1) is 16.7. The smallest absolute Gasteiger partial charge is 0.317 e. The predicted molar refractivity (Wildman–Crippen MR) is 92.5 cm³/mol. The van der Waals surface area contributed by atoms with Gasteiger partial charge in [-0.15, -0.1) is 0 Å². The standard InChI is InChI=1S/C17H21N7O/c1-22(9-16-8-20-23(2)10-16)17(25)19-7-14-3-5-15(6-4-14)11-24-13-18-12-21-24/h3-6,8,10,12-13H,7,9,11H2,1-2H3,(H,19,25). The molecule has 130 valence electrons. The van der Waals surface area contributed by atoms with Gasteiger partial charge in [-0.2, -0.15) is 10.2 Å². The number of rotatable bonds is 6. The predicted octanol–water partition coefficient (Wildman–Crippen LogP) is 1.40. The first-order valence-corrected chi connectivity index (χ1v) is 7.97. The van der Waals surface area contributed by atoms with Crippen LogP contribution in [0, 0.1) is 0 Å². The van der Waals surface area contributed by atoms with Gasteiger partial charge in [0.25, 0.3) is 0 Å². The molecule has 0 atom stereocenters. The number of benzene rings is 1. The van der Waals surface area contributed by atoms with E-state index in [4.69, 9.17) is 0 Å². The van der Waals surface area contributed by atoms with Gasteiger partial charge in [0.2, 0.25) is 0 Å². The van der Waals surface area contributed by atoms with Crippen LogP contribution in [0.25, 0.3) is 0 Å². The molecule has 8 nitrogen and oxygen atoms in total. The number of nitrogens with one attached hydrogen (secondary N) is 1. The van der Waals surface area contributed by atoms with Crippen molar-refractivity contribution in [3.05, 3.63) is 66.0 Å². The van der Waals surface area contributed by atoms with E-state index in [9.17, 15) is 4.79 Å². The molecule has 0 bridgehead atoms. The molecule has 0 aliphatic rings. The number of carbonyl (C=O) groups excluding carboxylic acids is 1. The Morgan fingerprint density at radius 3 is 2.56 bits per heavy atom. The van der Waals surface area contributed by atoms with Crippen LogP contribution < -0.4 is 5.32 Å². The topological polar surface area (TPSA) is 80.9 Å². The van der Waals surface area contributed by atoms with Crippen molar-refractivity contribution in [1.82, 2.24) is 34.8 Å². The Bertz CT molecular complexity index is 808. The van der Waals surface area contributed by atoms with E-state index in [1.165, 1.54) is 6.33 Å². The van der Waals surface area contributed by atoms with Crippen LogP contribution in [-0.2, 0) is 26.7 Å². The molecular formula is C17H21N7O. The molecule has 1 N–H and O–H groups in total. The Balaban J connectivity index is 1.48. The molecule has 1 aromatic carbocycles. The fourth-order valence-electron chi connectivity index (χ4n) is 2.48. The molecule has 2 amide bonds. The van der Waals surface area contributed by atoms with Gasteiger partial charge >= 0.3 is 6.03 Å². The number of hydrogen-bond acceptors (Lipinski definition) is 4. The summed E-state index contributed by atoms with van der Waals surface area (Å²) in [6.45, 7) is 1.69. The lowest BCUT2D eigenvalue weighted by atomic mass is 10.1. The molecule has 2 heterocycles. The van der Waals surface area contributed by atoms with Gasteiger partial charge in [-0.1, -0.05) is 24.3 Å². The Morgan fingerprint density at radius 1 is 1.16 bits per heavy atom. The number of urea groups is 1. The quantitative estimate of drug-likeness (QED) is 0.736. The molecule has 3 rings (SSSR count). The summed E-state index contributed by atoms with van der Waals surface area (Å²) in [5, 5.41) is 11.1. The van der Waals surface area contributed by atoms with E-state index in [0.717, 1.165) is 16.7 Å². The third-order valence-corrected chi connectivity index (χ3v) is 3.80. The van der Waals surface area contributed by atoms with Crippen molar-refractivity contribution in [2.45, 2.75) is 19.6 Å². The molecule has 0 fully saturated rings. The number of aromatic nitrogens is 5. The summed E-state index contributed by atoms with van der Waals surface area (Å²) in [5.41, 5.74) is 3.18. The average molecular weight is 339 g/mol. The van der Waals surface area contributed by atoms with Crippen molar-refractivity contribution in [3.63, 3.8) is 0 Å². The number of hydrogen-bond donors (Lipinski definition) is 1. The maximum atomic E-state index is 12.2. The third-order valence-electron chi connectivity index (χ3n) is 3.80. The molecule has 2 aromatic heterocycles. The first-order valence-electron chi connectivity index (χ1n) is 7.97. The largest absolute Gasteiger partial charge is 0.334 e. The summed E-state index contributed by atoms with van der Waals surface area (Å²) in [4.78, 5) is 17.7. The van der Waals surface area contributed by atoms with Crippen LogP contribution in [0.1, 0.15) is 16.7 Å². The lowest BCUT2D eigenvalue weighted by Crippen LogP contribution is -2.36. The van der Waals surface area contributed by atoms with Gasteiger partial charge in [0.15, 0.2) is 0 Å². The van der Waals surface area contributed by atoms with Crippen LogP contribution in [0.2, 0.25) is 0 Å². The molecular weight excluding hydrogens is 318 g/mol. The van der Waals surface area contributed by atoms with Gasteiger partial charge in [0, 0.05) is 32.4 Å². The van der Waals surface area contributed by atoms with Gasteiger partial charge < -0.3 is 10.2 Å². The lowest BCUT2D eigenvalue weighted by Gasteiger charge is -2.17. The molecule has 3 aromatic rings. The van der Waals surface area contributed by atoms with Gasteiger partial charge in [-0.25, -0.2) is 14.5 Å². The number of carbonyl (C=O) groups is 1. The molecule has 0 spiro atoms. The third kappa shape index (κ3) is 4.66. The minimum Gasteiger partial charge on any atom is -0.334 e. The van der Waals surface area contributed by atoms with Crippen molar-refractivity contribution < 1.29 is 4.79 Å². The van der Waals surface area contributed by atoms with Crippen LogP contribution in [0.5, 0.6) is 0 Å². The molecule has 25 heavy (non-hydrogen) atoms. The highest BCUT2D eigenvalue weighted by molar-refractivity contribution is 5.73. The zero-order valence-electron chi connectivity index (χ0n) is 14.3. The Kier molecular flexibility index (Phi) is 5.08. The first-order chi connectivity index (χ1) is 12.1. The zero-order chi connectivity index (χ0) is 17.6. The average Bonchev–Trinajstić information content (AvgIpc) is 3.25. The van der Waals surface area contributed by atoms with Gasteiger partial charge in [0.1, 0.15) is 12.7 Å². The second-order valence-corrected chi connectivity index (χ2v) is 5.95. The van der Waals surface area contributed by atoms with Crippen molar-refractivity contribution in [2.75, 3.05) is 7.05 Å². The van der Waals surface area contributed by atoms with Crippen molar-refractivity contribution in [2.24, 2.45) is 7.05 Å². The van der Waals surface area contributed by atoms with Gasteiger partial charge in [0.05, 0.1) is 19.3 Å². The summed E-state index contributed by atoms with van der Waals surface area (Å²) < 4.78 is 3.49. The molecule has 0 unspecified atom stereocenters. The highest BCUT2D eigenvalue weighted by Gasteiger charge is 2.09. The van der Waals surface area contributed by atoms with E-state index in [-0.39, 0.29) is 6.03 Å². The fourth-order valence-corrected chi connectivity index (χ4v) is 2.48. The van der Waals surface area contributed by atoms with Crippen LogP contribution in [0.4, 0.5) is 4.79 Å². The lowest BCUT2D eigenvalue weighted by molar-refractivity contribution is 0.206. The minimum absolute atomic E-state index is 0.115. The summed E-state index contributed by atoms with van der Waals surface area (Å²) in [7, 11) is 3.62. The Labute approximate surface area is 146 Å². The molecule has 0 saturated carbocycles. The Hall–Kier alpha value is -3.16. The number of amides is 2. The van der Waals surface area contributed by atoms with E-state index in [1.54, 1.807) is 33.8 Å². The van der Waals surface area contributed by atoms with E-state index in [0.29, 0.717) is 19.6 Å². The molecule has 0 aliphatic carbocycles. The van der Waals surface area contributed by atoms with Crippen molar-refractivity contribution in [1.29, 1.82) is 0 Å². The summed E-state index contributed by atoms with van der Waals surface area (Å²) in [6, 6.07) is 7.96. The summed E-state index contributed by atoms with van der Waals surface area (Å²) in [6.07, 6.45) is 6.87. The Morgan fingerprint density at radius 2 is 1.92 bits per heavy atom. The highest BCUT2D eigenvalue weighted by atomic mass is 16.2. The van der Waals surface area contributed by atoms with Crippen LogP contribution in [0.3, 0.4) is 0 Å². The molecule has 8 heteroatoms. The second kappa shape index (κ2) is 7.61. The normalized spacial score (nSPS) is 10.6. The van der Waals surface area contributed by atoms with Crippen LogP contribution in [0.15, 0.2) is 49.3 Å². The highest BCUT2D eigenvalue weighted by Crippen LogP contribution is 2.06. The summed E-state index contributed by atoms with van der Waals surface area (Å²) in [5.74, 6) is 0. The van der Waals surface area contributed by atoms with Crippen molar-refractivity contribution >= 4 is 6.03 Å². The summed E-state index contributed by atoms with van der Waals surface area (Å²) >= 11 is 0. The van der Waals surface area contributed by atoms with Crippen LogP contribution >= 0.6 is 0 Å². The number of aryl methyl sites for hydroxylation is 1. The van der Waals surface area contributed by atoms with Gasteiger partial charge in [-0.05, 0) is 11.1 Å². The monoisotopic (exact) mass is 339 g/mol. The van der Waals surface area contributed by atoms with Crippen molar-refractivity contribution in [3.8, 4) is 0 Å². The van der Waals surface area contributed by atoms with Gasteiger partial charge in [-0.3, -0.25) is 4.68 Å². The van der Waals surface area contributed by atoms with E-state index in [1.807, 2.05) is 37.5 Å². The SMILES string of the molecule is CN(Cc1cnn(C)c1)C(=O)NCc1ccc(Cn2cncn2)cc1. The molecule has 0 radical (unpaired) electrons. The second-order valence-electron chi connectivity index (χ2n) is 5.95. The molecule has 0 aliphatic heterocycles. The maximum absolute atomic E-state index is 12.2.